The van der Waals surface area contributed by atoms with E-state index < -0.39 is 5.82 Å². The summed E-state index contributed by atoms with van der Waals surface area (Å²) in [4.78, 5) is 8.12. The van der Waals surface area contributed by atoms with E-state index in [0.29, 0.717) is 11.6 Å². The molecule has 0 fully saturated rings. The lowest BCUT2D eigenvalue weighted by molar-refractivity contribution is 0.177. The van der Waals surface area contributed by atoms with Crippen LogP contribution in [0.2, 0.25) is 5.02 Å². The quantitative estimate of drug-likeness (QED) is 0.652. The van der Waals surface area contributed by atoms with Gasteiger partial charge in [0.1, 0.15) is 12.4 Å². The van der Waals surface area contributed by atoms with Crippen molar-refractivity contribution in [2.24, 2.45) is 5.84 Å². The van der Waals surface area contributed by atoms with Gasteiger partial charge >= 0.3 is 0 Å². The number of rotatable bonds is 5. The van der Waals surface area contributed by atoms with Gasteiger partial charge in [-0.3, -0.25) is 0 Å². The van der Waals surface area contributed by atoms with Crippen LogP contribution in [0.4, 0.5) is 10.2 Å². The van der Waals surface area contributed by atoms with Crippen molar-refractivity contribution in [3.8, 4) is 11.6 Å². The number of hydrogen-bond donors (Lipinski definition) is 2. The molecule has 0 radical (unpaired) electrons. The van der Waals surface area contributed by atoms with Gasteiger partial charge < -0.3 is 14.9 Å². The van der Waals surface area contributed by atoms with Crippen LogP contribution in [-0.2, 0) is 11.3 Å². The van der Waals surface area contributed by atoms with E-state index in [9.17, 15) is 4.39 Å². The minimum Gasteiger partial charge on any atom is -0.436 e. The Kier molecular flexibility index (Phi) is 4.67. The Morgan fingerprint density at radius 2 is 2.20 bits per heavy atom. The number of hydrazine groups is 1. The summed E-state index contributed by atoms with van der Waals surface area (Å²) in [6, 6.07) is 5.86. The lowest BCUT2D eigenvalue weighted by Gasteiger charge is -2.09. The lowest BCUT2D eigenvalue weighted by Crippen LogP contribution is -2.11. The molecule has 20 heavy (non-hydrogen) atoms. The molecule has 6 nitrogen and oxygen atoms in total. The summed E-state index contributed by atoms with van der Waals surface area (Å²) >= 11 is 5.68. The highest BCUT2D eigenvalue weighted by Crippen LogP contribution is 2.28. The van der Waals surface area contributed by atoms with Crippen LogP contribution in [0.15, 0.2) is 24.3 Å². The Morgan fingerprint density at radius 1 is 1.40 bits per heavy atom. The highest BCUT2D eigenvalue weighted by atomic mass is 35.5. The van der Waals surface area contributed by atoms with Crippen molar-refractivity contribution in [2.45, 2.75) is 6.61 Å². The zero-order valence-corrected chi connectivity index (χ0v) is 11.3. The van der Waals surface area contributed by atoms with Crippen molar-refractivity contribution in [2.75, 3.05) is 12.5 Å². The first-order valence-electron chi connectivity index (χ1n) is 5.59. The van der Waals surface area contributed by atoms with Gasteiger partial charge in [0.25, 0.3) is 0 Å². The fourth-order valence-electron chi connectivity index (χ4n) is 1.47. The third-order valence-corrected chi connectivity index (χ3v) is 2.59. The molecule has 2 rings (SSSR count). The van der Waals surface area contributed by atoms with Gasteiger partial charge in [-0.1, -0.05) is 17.7 Å². The van der Waals surface area contributed by atoms with Crippen LogP contribution in [0.3, 0.4) is 0 Å². The summed E-state index contributed by atoms with van der Waals surface area (Å²) in [5.74, 6) is 5.39. The standard InChI is InChI=1S/C12H12ClFN4O2/c1-19-6-10-16-9(18-15)5-11(17-10)20-8-4-2-3-7(13)12(8)14/h2-5H,6,15H2,1H3,(H,16,17,18). The monoisotopic (exact) mass is 298 g/mol. The number of nitrogen functional groups attached to an aromatic ring is 1. The number of aromatic nitrogens is 2. The second kappa shape index (κ2) is 6.47. The molecule has 8 heteroatoms. The minimum absolute atomic E-state index is 0.0363. The first kappa shape index (κ1) is 14.4. The predicted molar refractivity (Wildman–Crippen MR) is 72.0 cm³/mol. The van der Waals surface area contributed by atoms with Gasteiger partial charge in [-0.25, -0.2) is 15.2 Å². The molecule has 1 aromatic carbocycles. The van der Waals surface area contributed by atoms with E-state index >= 15 is 0 Å². The van der Waals surface area contributed by atoms with Gasteiger partial charge in [-0.2, -0.15) is 4.98 Å². The summed E-state index contributed by atoms with van der Waals surface area (Å²) in [5.41, 5.74) is 2.37. The second-order valence-corrected chi connectivity index (χ2v) is 4.15. The molecule has 0 bridgehead atoms. The summed E-state index contributed by atoms with van der Waals surface area (Å²) in [7, 11) is 1.50. The molecule has 1 aromatic heterocycles. The average Bonchev–Trinajstić information content (AvgIpc) is 2.44. The third-order valence-electron chi connectivity index (χ3n) is 2.30. The fourth-order valence-corrected chi connectivity index (χ4v) is 1.63. The molecule has 0 spiro atoms. The first-order valence-corrected chi connectivity index (χ1v) is 5.97. The fraction of sp³-hybridized carbons (Fsp3) is 0.167. The Morgan fingerprint density at radius 3 is 2.90 bits per heavy atom. The molecule has 0 saturated carbocycles. The van der Waals surface area contributed by atoms with Crippen LogP contribution < -0.4 is 16.0 Å². The summed E-state index contributed by atoms with van der Waals surface area (Å²) in [5, 5.41) is -0.0363. The zero-order valence-electron chi connectivity index (χ0n) is 10.6. The maximum atomic E-state index is 13.8. The van der Waals surface area contributed by atoms with E-state index in [0.717, 1.165) is 0 Å². The second-order valence-electron chi connectivity index (χ2n) is 3.74. The summed E-state index contributed by atoms with van der Waals surface area (Å²) < 4.78 is 24.0. The van der Waals surface area contributed by atoms with Crippen molar-refractivity contribution in [1.29, 1.82) is 0 Å². The van der Waals surface area contributed by atoms with E-state index in [1.54, 1.807) is 6.07 Å². The molecule has 106 valence electrons. The lowest BCUT2D eigenvalue weighted by atomic mass is 10.3. The van der Waals surface area contributed by atoms with Crippen molar-refractivity contribution in [3.63, 3.8) is 0 Å². The number of hydrogen-bond acceptors (Lipinski definition) is 6. The number of nitrogens with zero attached hydrogens (tertiary/aromatic N) is 2. The van der Waals surface area contributed by atoms with Crippen LogP contribution in [0.1, 0.15) is 5.82 Å². The normalized spacial score (nSPS) is 10.4. The number of nitrogens with two attached hydrogens (primary N) is 1. The summed E-state index contributed by atoms with van der Waals surface area (Å²) in [6.45, 7) is 0.171. The van der Waals surface area contributed by atoms with Gasteiger partial charge in [0.2, 0.25) is 5.88 Å². The Balaban J connectivity index is 2.32. The van der Waals surface area contributed by atoms with Gasteiger partial charge in [-0.05, 0) is 12.1 Å². The SMILES string of the molecule is COCc1nc(NN)cc(Oc2cccc(Cl)c2F)n1. The Labute approximate surface area is 119 Å². The number of halogens is 2. The van der Waals surface area contributed by atoms with E-state index in [-0.39, 0.29) is 23.3 Å². The van der Waals surface area contributed by atoms with Gasteiger partial charge in [0.05, 0.1) is 5.02 Å². The molecule has 2 aromatic rings. The number of benzene rings is 1. The highest BCUT2D eigenvalue weighted by molar-refractivity contribution is 6.30. The molecule has 0 aliphatic carbocycles. The van der Waals surface area contributed by atoms with Gasteiger partial charge in [0, 0.05) is 13.2 Å². The predicted octanol–water partition coefficient (Wildman–Crippen LogP) is 2.49. The van der Waals surface area contributed by atoms with Crippen molar-refractivity contribution in [3.05, 3.63) is 40.9 Å². The van der Waals surface area contributed by atoms with E-state index in [2.05, 4.69) is 15.4 Å². The number of ether oxygens (including phenoxy) is 2. The maximum Gasteiger partial charge on any atom is 0.224 e. The number of methoxy groups -OCH3 is 1. The van der Waals surface area contributed by atoms with Crippen LogP contribution in [-0.4, -0.2) is 17.1 Å². The average molecular weight is 299 g/mol. The Hall–Kier alpha value is -1.96. The zero-order chi connectivity index (χ0) is 14.5. The van der Waals surface area contributed by atoms with E-state index in [1.807, 2.05) is 0 Å². The molecule has 0 aliphatic rings. The van der Waals surface area contributed by atoms with E-state index in [4.69, 9.17) is 26.9 Å². The molecule has 0 unspecified atom stereocenters. The molecular weight excluding hydrogens is 287 g/mol. The smallest absolute Gasteiger partial charge is 0.224 e. The van der Waals surface area contributed by atoms with Gasteiger partial charge in [-0.15, -0.1) is 0 Å². The van der Waals surface area contributed by atoms with Crippen LogP contribution in [0, 0.1) is 5.82 Å². The van der Waals surface area contributed by atoms with Crippen LogP contribution >= 0.6 is 11.6 Å². The largest absolute Gasteiger partial charge is 0.436 e. The maximum absolute atomic E-state index is 13.8. The van der Waals surface area contributed by atoms with Crippen molar-refractivity contribution < 1.29 is 13.9 Å². The topological polar surface area (TPSA) is 82.3 Å². The van der Waals surface area contributed by atoms with E-state index in [1.165, 1.54) is 25.3 Å². The molecule has 0 aliphatic heterocycles. The van der Waals surface area contributed by atoms with Crippen molar-refractivity contribution in [1.82, 2.24) is 9.97 Å². The molecular formula is C12H12ClFN4O2. The minimum atomic E-state index is -0.664. The van der Waals surface area contributed by atoms with Crippen LogP contribution in [0.5, 0.6) is 11.6 Å². The van der Waals surface area contributed by atoms with Crippen LogP contribution in [0.25, 0.3) is 0 Å². The molecule has 0 saturated heterocycles. The molecule has 0 amide bonds. The molecule has 3 N–H and O–H groups in total. The highest BCUT2D eigenvalue weighted by Gasteiger charge is 2.11. The van der Waals surface area contributed by atoms with Crippen molar-refractivity contribution >= 4 is 17.4 Å². The Bertz CT molecular complexity index is 612. The first-order chi connectivity index (χ1) is 9.63. The summed E-state index contributed by atoms with van der Waals surface area (Å²) in [6.07, 6.45) is 0. The molecule has 0 atom stereocenters. The number of anilines is 1. The third kappa shape index (κ3) is 3.32. The van der Waals surface area contributed by atoms with Gasteiger partial charge in [0.15, 0.2) is 17.4 Å². The number of nitrogens with one attached hydrogen (secondary N) is 1. The molecule has 1 heterocycles.